The highest BCUT2D eigenvalue weighted by Crippen LogP contribution is 2.34. The first-order valence-electron chi connectivity index (χ1n) is 22.4. The quantitative estimate of drug-likeness (QED) is 0.0398. The van der Waals surface area contributed by atoms with Crippen LogP contribution in [0.4, 0.5) is 5.69 Å². The Morgan fingerprint density at radius 3 is 0.959 bits per heavy atom. The molecular formula is C46H85NO2. The smallest absolute Gasteiger partial charge is 0.258 e. The molecule has 0 bridgehead atoms. The molecule has 1 aromatic carbocycles. The van der Waals surface area contributed by atoms with E-state index in [9.17, 15) is 10.1 Å². The molecule has 1 rings (SSSR count). The maximum Gasteiger partial charge on any atom is 0.273 e. The molecule has 0 heterocycles. The van der Waals surface area contributed by atoms with Gasteiger partial charge in [0.1, 0.15) is 0 Å². The summed E-state index contributed by atoms with van der Waals surface area (Å²) < 4.78 is 0. The van der Waals surface area contributed by atoms with Crippen LogP contribution in [0.3, 0.4) is 0 Å². The number of nitro groups is 1. The van der Waals surface area contributed by atoms with E-state index in [1.54, 1.807) is 0 Å². The Labute approximate surface area is 307 Å². The van der Waals surface area contributed by atoms with Crippen LogP contribution >= 0.6 is 0 Å². The van der Waals surface area contributed by atoms with Crippen molar-refractivity contribution in [2.75, 3.05) is 0 Å². The molecule has 0 aliphatic rings. The summed E-state index contributed by atoms with van der Waals surface area (Å²) in [6, 6.07) is 2.07. The van der Waals surface area contributed by atoms with Gasteiger partial charge in [-0.2, -0.15) is 0 Å². The fraction of sp³-hybridized carbons (Fsp3) is 0.870. The third-order valence-corrected chi connectivity index (χ3v) is 11.1. The zero-order chi connectivity index (χ0) is 35.6. The van der Waals surface area contributed by atoms with Crippen LogP contribution in [-0.4, -0.2) is 4.92 Å². The first-order chi connectivity index (χ1) is 24.1. The maximum absolute atomic E-state index is 12.7. The SMILES string of the molecule is CCCCCCCCCCc1cc([N+](=O)[O-])c(CCCCCCCCCC)c(CCCCCCCCCC)c1CCCCCCCCCC. The zero-order valence-electron chi connectivity index (χ0n) is 33.8. The molecule has 0 radical (unpaired) electrons. The van der Waals surface area contributed by atoms with Gasteiger partial charge in [0.2, 0.25) is 0 Å². The minimum atomic E-state index is -0.0192. The Morgan fingerprint density at radius 1 is 0.367 bits per heavy atom. The summed E-state index contributed by atoms with van der Waals surface area (Å²) >= 11 is 0. The Morgan fingerprint density at radius 2 is 0.633 bits per heavy atom. The lowest BCUT2D eigenvalue weighted by atomic mass is 9.84. The number of hydrogen-bond acceptors (Lipinski definition) is 2. The van der Waals surface area contributed by atoms with E-state index in [2.05, 4.69) is 33.8 Å². The summed E-state index contributed by atoms with van der Waals surface area (Å²) in [5, 5.41) is 12.7. The van der Waals surface area contributed by atoms with Gasteiger partial charge >= 0.3 is 0 Å². The summed E-state index contributed by atoms with van der Waals surface area (Å²) in [5.41, 5.74) is 5.85. The van der Waals surface area contributed by atoms with E-state index in [4.69, 9.17) is 0 Å². The lowest BCUT2D eigenvalue weighted by Crippen LogP contribution is -2.10. The van der Waals surface area contributed by atoms with Gasteiger partial charge in [-0.15, -0.1) is 0 Å². The second kappa shape index (κ2) is 33.7. The third kappa shape index (κ3) is 23.7. The number of unbranched alkanes of at least 4 members (excludes halogenated alkanes) is 28. The molecule has 0 fully saturated rings. The second-order valence-electron chi connectivity index (χ2n) is 15.6. The highest BCUT2D eigenvalue weighted by atomic mass is 16.6. The van der Waals surface area contributed by atoms with Crippen LogP contribution in [0.15, 0.2) is 6.07 Å². The van der Waals surface area contributed by atoms with Crippen LogP contribution in [0.1, 0.15) is 255 Å². The van der Waals surface area contributed by atoms with Crippen molar-refractivity contribution in [1.29, 1.82) is 0 Å². The van der Waals surface area contributed by atoms with E-state index in [-0.39, 0.29) is 4.92 Å². The van der Waals surface area contributed by atoms with Gasteiger partial charge in [0.05, 0.1) is 4.92 Å². The molecule has 0 N–H and O–H groups in total. The molecule has 0 aliphatic carbocycles. The number of nitrogens with zero attached hydrogens (tertiary/aromatic N) is 1. The van der Waals surface area contributed by atoms with Gasteiger partial charge in [0, 0.05) is 11.6 Å². The van der Waals surface area contributed by atoms with Gasteiger partial charge in [0.15, 0.2) is 0 Å². The van der Waals surface area contributed by atoms with Crippen molar-refractivity contribution in [2.45, 2.75) is 259 Å². The third-order valence-electron chi connectivity index (χ3n) is 11.1. The lowest BCUT2D eigenvalue weighted by molar-refractivity contribution is -0.385. The van der Waals surface area contributed by atoms with Gasteiger partial charge in [-0.25, -0.2) is 0 Å². The summed E-state index contributed by atoms with van der Waals surface area (Å²) in [5.74, 6) is 0. The van der Waals surface area contributed by atoms with E-state index in [0.29, 0.717) is 5.69 Å². The highest BCUT2D eigenvalue weighted by Gasteiger charge is 2.24. The van der Waals surface area contributed by atoms with Gasteiger partial charge in [-0.3, -0.25) is 10.1 Å². The van der Waals surface area contributed by atoms with Crippen LogP contribution < -0.4 is 0 Å². The second-order valence-corrected chi connectivity index (χ2v) is 15.6. The van der Waals surface area contributed by atoms with Crippen molar-refractivity contribution in [2.24, 2.45) is 0 Å². The first kappa shape index (κ1) is 45.6. The normalized spacial score (nSPS) is 11.5. The molecule has 0 aliphatic heterocycles. The van der Waals surface area contributed by atoms with Crippen molar-refractivity contribution < 1.29 is 4.92 Å². The van der Waals surface area contributed by atoms with E-state index in [1.165, 1.54) is 216 Å². The Hall–Kier alpha value is -1.38. The Bertz CT molecular complexity index is 894. The van der Waals surface area contributed by atoms with E-state index < -0.39 is 0 Å². The van der Waals surface area contributed by atoms with Crippen LogP contribution in [0.5, 0.6) is 0 Å². The average Bonchev–Trinajstić information content (AvgIpc) is 3.10. The van der Waals surface area contributed by atoms with Crippen molar-refractivity contribution in [3.8, 4) is 0 Å². The van der Waals surface area contributed by atoms with Gasteiger partial charge in [-0.05, 0) is 68.1 Å². The van der Waals surface area contributed by atoms with Gasteiger partial charge < -0.3 is 0 Å². The number of nitro benzene ring substituents is 1. The number of hydrogen-bond donors (Lipinski definition) is 0. The minimum Gasteiger partial charge on any atom is -0.258 e. The van der Waals surface area contributed by atoms with Crippen LogP contribution in [0, 0.1) is 10.1 Å². The monoisotopic (exact) mass is 684 g/mol. The maximum atomic E-state index is 12.7. The van der Waals surface area contributed by atoms with Gasteiger partial charge in [0.25, 0.3) is 5.69 Å². The van der Waals surface area contributed by atoms with Crippen molar-refractivity contribution in [1.82, 2.24) is 0 Å². The summed E-state index contributed by atoms with van der Waals surface area (Å²) in [6.07, 6.45) is 45.9. The topological polar surface area (TPSA) is 43.1 Å². The molecule has 0 spiro atoms. The molecule has 0 atom stereocenters. The standard InChI is InChI=1S/C46H85NO2/c1-5-9-13-17-21-25-29-33-37-42-41-46(47(48)49)45(40-36-32-28-24-20-16-12-8-4)44(39-35-31-27-23-19-15-11-7-3)43(42)38-34-30-26-22-18-14-10-6-2/h41H,5-40H2,1-4H3. The van der Waals surface area contributed by atoms with Gasteiger partial charge in [-0.1, -0.05) is 207 Å². The molecule has 1 aromatic rings. The van der Waals surface area contributed by atoms with E-state index in [1.807, 2.05) is 0 Å². The molecule has 0 amide bonds. The fourth-order valence-electron chi connectivity index (χ4n) is 7.90. The van der Waals surface area contributed by atoms with E-state index >= 15 is 0 Å². The minimum absolute atomic E-state index is 0.0192. The molecule has 0 saturated heterocycles. The predicted octanol–water partition coefficient (Wildman–Crippen LogP) is 16.3. The average molecular weight is 684 g/mol. The molecule has 0 aromatic heterocycles. The number of benzene rings is 1. The number of rotatable bonds is 37. The molecule has 3 nitrogen and oxygen atoms in total. The zero-order valence-corrected chi connectivity index (χ0v) is 33.8. The summed E-state index contributed by atoms with van der Waals surface area (Å²) in [4.78, 5) is 12.7. The Balaban J connectivity index is 3.13. The van der Waals surface area contributed by atoms with Crippen LogP contribution in [0.2, 0.25) is 0 Å². The molecule has 286 valence electrons. The summed E-state index contributed by atoms with van der Waals surface area (Å²) in [6.45, 7) is 9.15. The first-order valence-corrected chi connectivity index (χ1v) is 22.4. The van der Waals surface area contributed by atoms with Crippen LogP contribution in [-0.2, 0) is 25.7 Å². The van der Waals surface area contributed by atoms with Crippen molar-refractivity contribution >= 4 is 5.69 Å². The highest BCUT2D eigenvalue weighted by molar-refractivity contribution is 5.54. The molecule has 0 saturated carbocycles. The molecule has 49 heavy (non-hydrogen) atoms. The fourth-order valence-corrected chi connectivity index (χ4v) is 7.90. The Kier molecular flexibility index (Phi) is 31.4. The van der Waals surface area contributed by atoms with Crippen LogP contribution in [0.25, 0.3) is 0 Å². The molecule has 3 heteroatoms. The van der Waals surface area contributed by atoms with Crippen molar-refractivity contribution in [3.05, 3.63) is 38.4 Å². The molecular weight excluding hydrogens is 599 g/mol. The van der Waals surface area contributed by atoms with Crippen molar-refractivity contribution in [3.63, 3.8) is 0 Å². The largest absolute Gasteiger partial charge is 0.273 e. The lowest BCUT2D eigenvalue weighted by Gasteiger charge is -2.20. The predicted molar refractivity (Wildman–Crippen MR) is 218 cm³/mol. The molecule has 0 unspecified atom stereocenters. The van der Waals surface area contributed by atoms with E-state index in [0.717, 1.165) is 37.7 Å². The summed E-state index contributed by atoms with van der Waals surface area (Å²) in [7, 11) is 0. The number of aryl methyl sites for hydroxylation is 1.